The molecular weight excluding hydrogens is 202 g/mol. The monoisotopic (exact) mass is 219 g/mol. The molecule has 0 unspecified atom stereocenters. The van der Waals surface area contributed by atoms with E-state index < -0.39 is 0 Å². The van der Waals surface area contributed by atoms with Gasteiger partial charge in [-0.05, 0) is 24.6 Å². The Kier molecular flexibility index (Phi) is 5.12. The number of carbonyl (C=O) groups is 1. The summed E-state index contributed by atoms with van der Waals surface area (Å²) < 4.78 is 5.39. The van der Waals surface area contributed by atoms with Gasteiger partial charge in [-0.25, -0.2) is 0 Å². The maximum Gasteiger partial charge on any atom is 0.217 e. The molecule has 1 rings (SSSR count). The van der Waals surface area contributed by atoms with Crippen molar-refractivity contribution in [3.63, 3.8) is 0 Å². The largest absolute Gasteiger partial charge is 0.494 e. The molecule has 0 aliphatic heterocycles. The summed E-state index contributed by atoms with van der Waals surface area (Å²) in [5, 5.41) is 2.70. The molecule has 1 aromatic carbocycles. The molecule has 0 aliphatic carbocycles. The van der Waals surface area contributed by atoms with Crippen molar-refractivity contribution in [2.24, 2.45) is 0 Å². The Morgan fingerprint density at radius 1 is 1.50 bits per heavy atom. The molecule has 1 aromatic rings. The van der Waals surface area contributed by atoms with Gasteiger partial charge in [0.25, 0.3) is 0 Å². The Hall–Kier alpha value is -1.77. The van der Waals surface area contributed by atoms with E-state index in [2.05, 4.69) is 5.32 Å². The fraction of sp³-hybridized carbons (Fsp3) is 0.308. The molecule has 3 heteroatoms. The molecule has 0 aromatic heterocycles. The van der Waals surface area contributed by atoms with Gasteiger partial charge in [0.2, 0.25) is 5.91 Å². The minimum atomic E-state index is -0.0206. The summed E-state index contributed by atoms with van der Waals surface area (Å²) in [6.45, 7) is 4.68. The zero-order valence-corrected chi connectivity index (χ0v) is 9.69. The highest BCUT2D eigenvalue weighted by Gasteiger charge is 1.92. The minimum Gasteiger partial charge on any atom is -0.494 e. The van der Waals surface area contributed by atoms with E-state index in [1.807, 2.05) is 43.3 Å². The quantitative estimate of drug-likeness (QED) is 0.824. The van der Waals surface area contributed by atoms with Crippen LogP contribution in [0.2, 0.25) is 0 Å². The van der Waals surface area contributed by atoms with Crippen LogP contribution in [-0.4, -0.2) is 19.1 Å². The van der Waals surface area contributed by atoms with Crippen molar-refractivity contribution in [2.75, 3.05) is 13.2 Å². The van der Waals surface area contributed by atoms with Gasteiger partial charge in [0.05, 0.1) is 6.61 Å². The summed E-state index contributed by atoms with van der Waals surface area (Å²) in [7, 11) is 0. The molecule has 1 N–H and O–H groups in total. The lowest BCUT2D eigenvalue weighted by molar-refractivity contribution is -0.118. The number of carbonyl (C=O) groups excluding carboxylic acids is 1. The predicted octanol–water partition coefficient (Wildman–Crippen LogP) is 2.23. The molecular formula is C13H17NO2. The van der Waals surface area contributed by atoms with Crippen molar-refractivity contribution in [1.82, 2.24) is 5.32 Å². The summed E-state index contributed by atoms with van der Waals surface area (Å²) in [5.74, 6) is 0.844. The molecule has 0 atom stereocenters. The molecule has 0 aliphatic rings. The number of rotatable bonds is 5. The number of ether oxygens (including phenoxy) is 1. The first kappa shape index (κ1) is 12.3. The molecule has 16 heavy (non-hydrogen) atoms. The first-order valence-corrected chi connectivity index (χ1v) is 5.36. The van der Waals surface area contributed by atoms with Gasteiger partial charge in [0.1, 0.15) is 5.75 Å². The highest BCUT2D eigenvalue weighted by atomic mass is 16.5. The van der Waals surface area contributed by atoms with Crippen LogP contribution in [0.15, 0.2) is 30.3 Å². The van der Waals surface area contributed by atoms with Gasteiger partial charge in [0, 0.05) is 13.5 Å². The third-order valence-corrected chi connectivity index (χ3v) is 1.95. The average molecular weight is 219 g/mol. The normalized spacial score (nSPS) is 10.4. The van der Waals surface area contributed by atoms with Crippen molar-refractivity contribution in [2.45, 2.75) is 13.8 Å². The van der Waals surface area contributed by atoms with Crippen LogP contribution in [0.1, 0.15) is 19.4 Å². The van der Waals surface area contributed by atoms with Crippen LogP contribution >= 0.6 is 0 Å². The SMILES string of the molecule is CCOc1cccc(C=CCNC(C)=O)c1. The Bertz CT molecular complexity index is 372. The topological polar surface area (TPSA) is 38.3 Å². The van der Waals surface area contributed by atoms with Gasteiger partial charge in [-0.1, -0.05) is 24.3 Å². The smallest absolute Gasteiger partial charge is 0.217 e. The van der Waals surface area contributed by atoms with Gasteiger partial charge in [-0.3, -0.25) is 4.79 Å². The van der Waals surface area contributed by atoms with E-state index in [-0.39, 0.29) is 5.91 Å². The van der Waals surface area contributed by atoms with Crippen LogP contribution in [0.5, 0.6) is 5.75 Å². The van der Waals surface area contributed by atoms with Crippen molar-refractivity contribution < 1.29 is 9.53 Å². The van der Waals surface area contributed by atoms with E-state index in [0.29, 0.717) is 13.2 Å². The van der Waals surface area contributed by atoms with Crippen LogP contribution in [-0.2, 0) is 4.79 Å². The molecule has 0 spiro atoms. The van der Waals surface area contributed by atoms with E-state index in [4.69, 9.17) is 4.74 Å². The summed E-state index contributed by atoms with van der Waals surface area (Å²) in [4.78, 5) is 10.6. The highest BCUT2D eigenvalue weighted by molar-refractivity contribution is 5.73. The molecule has 0 saturated heterocycles. The average Bonchev–Trinajstić information content (AvgIpc) is 2.25. The molecule has 0 radical (unpaired) electrons. The number of hydrogen-bond acceptors (Lipinski definition) is 2. The van der Waals surface area contributed by atoms with Gasteiger partial charge in [0.15, 0.2) is 0 Å². The Morgan fingerprint density at radius 2 is 2.31 bits per heavy atom. The molecule has 0 bridgehead atoms. The number of amides is 1. The van der Waals surface area contributed by atoms with Gasteiger partial charge in [-0.2, -0.15) is 0 Å². The standard InChI is InChI=1S/C13H17NO2/c1-3-16-13-8-4-6-12(10-13)7-5-9-14-11(2)15/h4-8,10H,3,9H2,1-2H3,(H,14,15). The van der Waals surface area contributed by atoms with Crippen molar-refractivity contribution >= 4 is 12.0 Å². The maximum atomic E-state index is 10.6. The summed E-state index contributed by atoms with van der Waals surface area (Å²) in [6, 6.07) is 7.83. The van der Waals surface area contributed by atoms with E-state index >= 15 is 0 Å². The lowest BCUT2D eigenvalue weighted by Crippen LogP contribution is -2.19. The Labute approximate surface area is 96.1 Å². The van der Waals surface area contributed by atoms with Crippen LogP contribution in [0.4, 0.5) is 0 Å². The zero-order valence-electron chi connectivity index (χ0n) is 9.69. The van der Waals surface area contributed by atoms with Gasteiger partial charge < -0.3 is 10.1 Å². The van der Waals surface area contributed by atoms with E-state index in [9.17, 15) is 4.79 Å². The van der Waals surface area contributed by atoms with Crippen LogP contribution in [0.25, 0.3) is 6.08 Å². The molecule has 86 valence electrons. The number of nitrogens with one attached hydrogen (secondary N) is 1. The Morgan fingerprint density at radius 3 is 3.00 bits per heavy atom. The molecule has 0 fully saturated rings. The van der Waals surface area contributed by atoms with E-state index in [0.717, 1.165) is 11.3 Å². The van der Waals surface area contributed by atoms with Crippen LogP contribution in [0.3, 0.4) is 0 Å². The lowest BCUT2D eigenvalue weighted by atomic mass is 10.2. The minimum absolute atomic E-state index is 0.0206. The second-order valence-electron chi connectivity index (χ2n) is 3.34. The third kappa shape index (κ3) is 4.64. The lowest BCUT2D eigenvalue weighted by Gasteiger charge is -2.03. The number of benzene rings is 1. The Balaban J connectivity index is 2.52. The fourth-order valence-corrected chi connectivity index (χ4v) is 1.27. The first-order chi connectivity index (χ1) is 7.72. The van der Waals surface area contributed by atoms with Crippen molar-refractivity contribution in [3.8, 4) is 5.75 Å². The molecule has 0 saturated carbocycles. The second kappa shape index (κ2) is 6.67. The number of hydrogen-bond donors (Lipinski definition) is 1. The van der Waals surface area contributed by atoms with Gasteiger partial charge in [-0.15, -0.1) is 0 Å². The third-order valence-electron chi connectivity index (χ3n) is 1.95. The van der Waals surface area contributed by atoms with Crippen LogP contribution < -0.4 is 10.1 Å². The maximum absolute atomic E-state index is 10.6. The summed E-state index contributed by atoms with van der Waals surface area (Å²) >= 11 is 0. The van der Waals surface area contributed by atoms with Gasteiger partial charge >= 0.3 is 0 Å². The molecule has 0 heterocycles. The zero-order chi connectivity index (χ0) is 11.8. The predicted molar refractivity (Wildman–Crippen MR) is 65.3 cm³/mol. The molecule has 1 amide bonds. The van der Waals surface area contributed by atoms with Crippen LogP contribution in [0, 0.1) is 0 Å². The summed E-state index contributed by atoms with van der Waals surface area (Å²) in [6.07, 6.45) is 3.87. The van der Waals surface area contributed by atoms with Crippen molar-refractivity contribution in [1.29, 1.82) is 0 Å². The summed E-state index contributed by atoms with van der Waals surface area (Å²) in [5.41, 5.74) is 1.07. The van der Waals surface area contributed by atoms with Crippen molar-refractivity contribution in [3.05, 3.63) is 35.9 Å². The fourth-order valence-electron chi connectivity index (χ4n) is 1.27. The molecule has 3 nitrogen and oxygen atoms in total. The van der Waals surface area contributed by atoms with E-state index in [1.54, 1.807) is 0 Å². The second-order valence-corrected chi connectivity index (χ2v) is 3.34. The first-order valence-electron chi connectivity index (χ1n) is 5.36. The van der Waals surface area contributed by atoms with E-state index in [1.165, 1.54) is 6.92 Å². The highest BCUT2D eigenvalue weighted by Crippen LogP contribution is 2.14.